The largest absolute Gasteiger partial charge is 0.476 e. The smallest absolute Gasteiger partial charge is 0.356 e. The van der Waals surface area contributed by atoms with Crippen molar-refractivity contribution in [1.29, 1.82) is 0 Å². The maximum atomic E-state index is 13.1. The van der Waals surface area contributed by atoms with Crippen LogP contribution < -0.4 is 0 Å². The minimum absolute atomic E-state index is 0.148. The second-order valence-electron chi connectivity index (χ2n) is 9.63. The van der Waals surface area contributed by atoms with Gasteiger partial charge in [-0.1, -0.05) is 24.3 Å². The molecule has 3 rings (SSSR count). The highest BCUT2D eigenvalue weighted by molar-refractivity contribution is 5.87. The summed E-state index contributed by atoms with van der Waals surface area (Å²) < 4.78 is 31.7. The summed E-state index contributed by atoms with van der Waals surface area (Å²) in [5.74, 6) is -0.975. The van der Waals surface area contributed by atoms with Crippen molar-refractivity contribution in [2.45, 2.75) is 77.7 Å². The number of carbonyl (C=O) groups excluding carboxylic acids is 1. The standard InChI is InChI=1S/C25H30F2N2O4/c1-14-20(29-22(24(31)32)21(28-14)23(26)27)18-11-9-17(10-12-18)16-7-5-15(6-8-16)13-19(30)33-25(2,3)4/h9-12,15-16,23H,5-8,13H2,1-4H3,(H,31,32). The molecular formula is C25H30F2N2O4. The fourth-order valence-electron chi connectivity index (χ4n) is 4.35. The van der Waals surface area contributed by atoms with Gasteiger partial charge in [0.2, 0.25) is 0 Å². The minimum Gasteiger partial charge on any atom is -0.476 e. The van der Waals surface area contributed by atoms with Crippen LogP contribution in [0.25, 0.3) is 11.3 Å². The van der Waals surface area contributed by atoms with Gasteiger partial charge in [-0.2, -0.15) is 0 Å². The molecule has 1 N–H and O–H groups in total. The van der Waals surface area contributed by atoms with Gasteiger partial charge in [-0.15, -0.1) is 0 Å². The number of ether oxygens (including phenoxy) is 1. The summed E-state index contributed by atoms with van der Waals surface area (Å²) in [7, 11) is 0. The molecule has 1 aliphatic rings. The quantitative estimate of drug-likeness (QED) is 0.525. The van der Waals surface area contributed by atoms with Gasteiger partial charge in [0.15, 0.2) is 5.69 Å². The summed E-state index contributed by atoms with van der Waals surface area (Å²) in [6.07, 6.45) is 1.28. The van der Waals surface area contributed by atoms with Crippen molar-refractivity contribution in [3.05, 3.63) is 46.9 Å². The van der Waals surface area contributed by atoms with E-state index in [2.05, 4.69) is 9.97 Å². The number of nitrogens with zero attached hydrogens (tertiary/aromatic N) is 2. The van der Waals surface area contributed by atoms with Crippen molar-refractivity contribution >= 4 is 11.9 Å². The Balaban J connectivity index is 1.68. The summed E-state index contributed by atoms with van der Waals surface area (Å²) in [6.45, 7) is 7.15. The van der Waals surface area contributed by atoms with Crippen LogP contribution in [-0.4, -0.2) is 32.6 Å². The lowest BCUT2D eigenvalue weighted by atomic mass is 9.77. The highest BCUT2D eigenvalue weighted by Gasteiger charge is 2.27. The van der Waals surface area contributed by atoms with Gasteiger partial charge >= 0.3 is 11.9 Å². The second kappa shape index (κ2) is 9.93. The summed E-state index contributed by atoms with van der Waals surface area (Å²) in [5.41, 5.74) is 0.314. The molecule has 2 aromatic rings. The molecule has 1 saturated carbocycles. The predicted octanol–water partition coefficient (Wildman–Crippen LogP) is 6.09. The van der Waals surface area contributed by atoms with E-state index in [0.717, 1.165) is 31.2 Å². The van der Waals surface area contributed by atoms with E-state index < -0.39 is 29.4 Å². The topological polar surface area (TPSA) is 89.4 Å². The molecule has 0 bridgehead atoms. The van der Waals surface area contributed by atoms with Gasteiger partial charge in [0.05, 0.1) is 11.4 Å². The Hall–Kier alpha value is -2.90. The van der Waals surface area contributed by atoms with Gasteiger partial charge < -0.3 is 9.84 Å². The van der Waals surface area contributed by atoms with E-state index in [4.69, 9.17) is 4.74 Å². The predicted molar refractivity (Wildman–Crippen MR) is 119 cm³/mol. The van der Waals surface area contributed by atoms with Gasteiger partial charge in [0.1, 0.15) is 11.3 Å². The molecule has 33 heavy (non-hydrogen) atoms. The van der Waals surface area contributed by atoms with Crippen LogP contribution in [0.4, 0.5) is 8.78 Å². The molecule has 0 atom stereocenters. The minimum atomic E-state index is -3.01. The van der Waals surface area contributed by atoms with Crippen LogP contribution >= 0.6 is 0 Å². The van der Waals surface area contributed by atoms with Crippen molar-refractivity contribution in [2.24, 2.45) is 5.92 Å². The number of benzene rings is 1. The molecule has 178 valence electrons. The number of carboxylic acids is 1. The molecule has 8 heteroatoms. The average molecular weight is 461 g/mol. The molecule has 0 aliphatic heterocycles. The Morgan fingerprint density at radius 3 is 2.21 bits per heavy atom. The number of rotatable bonds is 6. The van der Waals surface area contributed by atoms with Crippen LogP contribution in [0.2, 0.25) is 0 Å². The van der Waals surface area contributed by atoms with Crippen molar-refractivity contribution in [2.75, 3.05) is 0 Å². The second-order valence-corrected chi connectivity index (χ2v) is 9.63. The fourth-order valence-corrected chi connectivity index (χ4v) is 4.35. The van der Waals surface area contributed by atoms with E-state index in [-0.39, 0.29) is 17.4 Å². The van der Waals surface area contributed by atoms with Crippen LogP contribution in [0.15, 0.2) is 24.3 Å². The van der Waals surface area contributed by atoms with Gasteiger partial charge in [-0.05, 0) is 70.8 Å². The number of aromatic carboxylic acids is 1. The third-order valence-electron chi connectivity index (χ3n) is 5.88. The molecule has 1 aliphatic carbocycles. The molecule has 0 saturated heterocycles. The normalized spacial score (nSPS) is 18.9. The molecule has 1 heterocycles. The van der Waals surface area contributed by atoms with E-state index in [0.29, 0.717) is 23.8 Å². The van der Waals surface area contributed by atoms with Gasteiger partial charge in [-0.25, -0.2) is 23.5 Å². The molecule has 1 aromatic carbocycles. The number of esters is 1. The molecule has 0 unspecified atom stereocenters. The van der Waals surface area contributed by atoms with E-state index in [1.54, 1.807) is 6.92 Å². The van der Waals surface area contributed by atoms with Crippen molar-refractivity contribution < 1.29 is 28.2 Å². The first kappa shape index (κ1) is 24.7. The van der Waals surface area contributed by atoms with Gasteiger partial charge in [0.25, 0.3) is 6.43 Å². The van der Waals surface area contributed by atoms with E-state index >= 15 is 0 Å². The molecule has 1 fully saturated rings. The average Bonchev–Trinajstić information content (AvgIpc) is 2.72. The summed E-state index contributed by atoms with van der Waals surface area (Å²) in [4.78, 5) is 31.3. The number of aryl methyl sites for hydroxylation is 1. The maximum Gasteiger partial charge on any atom is 0.356 e. The number of hydrogen-bond acceptors (Lipinski definition) is 5. The summed E-state index contributed by atoms with van der Waals surface area (Å²) in [5, 5.41) is 9.26. The molecule has 1 aromatic heterocycles. The van der Waals surface area contributed by atoms with E-state index in [1.807, 2.05) is 45.0 Å². The van der Waals surface area contributed by atoms with Gasteiger partial charge in [0, 0.05) is 12.0 Å². The van der Waals surface area contributed by atoms with Crippen LogP contribution in [0, 0.1) is 12.8 Å². The monoisotopic (exact) mass is 460 g/mol. The molecule has 0 amide bonds. The first-order chi connectivity index (χ1) is 15.4. The van der Waals surface area contributed by atoms with Crippen LogP contribution in [0.1, 0.15) is 92.7 Å². The zero-order valence-corrected chi connectivity index (χ0v) is 19.4. The third kappa shape index (κ3) is 6.33. The number of halogens is 2. The van der Waals surface area contributed by atoms with E-state index in [9.17, 15) is 23.5 Å². The lowest BCUT2D eigenvalue weighted by Crippen LogP contribution is -2.26. The Kier molecular flexibility index (Phi) is 7.44. The van der Waals surface area contributed by atoms with E-state index in [1.165, 1.54) is 0 Å². The first-order valence-electron chi connectivity index (χ1n) is 11.2. The Morgan fingerprint density at radius 1 is 1.09 bits per heavy atom. The summed E-state index contributed by atoms with van der Waals surface area (Å²) in [6, 6.07) is 7.59. The Bertz CT molecular complexity index is 1010. The van der Waals surface area contributed by atoms with Crippen molar-refractivity contribution in [1.82, 2.24) is 9.97 Å². The number of carbonyl (C=O) groups is 2. The summed E-state index contributed by atoms with van der Waals surface area (Å²) >= 11 is 0. The molecule has 6 nitrogen and oxygen atoms in total. The zero-order valence-electron chi connectivity index (χ0n) is 19.4. The Morgan fingerprint density at radius 2 is 1.70 bits per heavy atom. The fraction of sp³-hybridized carbons (Fsp3) is 0.520. The lowest BCUT2D eigenvalue weighted by molar-refractivity contribution is -0.156. The number of hydrogen-bond donors (Lipinski definition) is 1. The number of aromatic nitrogens is 2. The first-order valence-corrected chi connectivity index (χ1v) is 11.2. The lowest BCUT2D eigenvalue weighted by Gasteiger charge is -2.29. The Labute approximate surface area is 192 Å². The number of carboxylic acid groups (broad SMARTS) is 1. The SMILES string of the molecule is Cc1nc(C(F)F)c(C(=O)O)nc1-c1ccc(C2CCC(CC(=O)OC(C)(C)C)CC2)cc1. The highest BCUT2D eigenvalue weighted by atomic mass is 19.3. The van der Waals surface area contributed by atoms with Crippen LogP contribution in [-0.2, 0) is 9.53 Å². The molecule has 0 radical (unpaired) electrons. The van der Waals surface area contributed by atoms with Crippen LogP contribution in [0.5, 0.6) is 0 Å². The zero-order chi connectivity index (χ0) is 24.3. The van der Waals surface area contributed by atoms with Crippen molar-refractivity contribution in [3.8, 4) is 11.3 Å². The van der Waals surface area contributed by atoms with Crippen molar-refractivity contribution in [3.63, 3.8) is 0 Å². The third-order valence-corrected chi connectivity index (χ3v) is 5.88. The van der Waals surface area contributed by atoms with Crippen LogP contribution in [0.3, 0.4) is 0 Å². The molecule has 0 spiro atoms. The van der Waals surface area contributed by atoms with Gasteiger partial charge in [-0.3, -0.25) is 4.79 Å². The number of alkyl halides is 2. The highest BCUT2D eigenvalue weighted by Crippen LogP contribution is 2.38. The maximum absolute atomic E-state index is 13.1. The molecular weight excluding hydrogens is 430 g/mol.